The molecule has 43 heavy (non-hydrogen) atoms. The third kappa shape index (κ3) is 6.54. The number of amides is 4. The van der Waals surface area contributed by atoms with Gasteiger partial charge in [-0.05, 0) is 50.6 Å². The largest absolute Gasteiger partial charge is 0.487 e. The van der Waals surface area contributed by atoms with Crippen molar-refractivity contribution in [1.82, 2.24) is 20.3 Å². The molecule has 0 bridgehead atoms. The zero-order chi connectivity index (χ0) is 30.9. The van der Waals surface area contributed by atoms with Gasteiger partial charge in [-0.25, -0.2) is 4.79 Å². The van der Waals surface area contributed by atoms with Crippen molar-refractivity contribution in [3.8, 4) is 5.75 Å². The summed E-state index contributed by atoms with van der Waals surface area (Å²) in [4.78, 5) is 58.8. The number of ether oxygens (including phenoxy) is 1. The minimum Gasteiger partial charge on any atom is -0.487 e. The van der Waals surface area contributed by atoms with Crippen LogP contribution in [0.1, 0.15) is 66.5 Å². The maximum atomic E-state index is 14.3. The SMILES string of the molecule is CC(C)(C)Oc1cc(C(=O)CC(N)=O)ccc1C1=N[C@@H](c2ccc(Cl)cc2)[C@@H](c2ccon2)N1C(=O)N1CCNC(=O)C1. The van der Waals surface area contributed by atoms with Crippen molar-refractivity contribution in [2.24, 2.45) is 10.7 Å². The van der Waals surface area contributed by atoms with E-state index in [0.29, 0.717) is 22.8 Å². The number of carbonyl (C=O) groups excluding carboxylic acids is 4. The molecule has 2 aromatic carbocycles. The lowest BCUT2D eigenvalue weighted by Gasteiger charge is -2.35. The van der Waals surface area contributed by atoms with Crippen molar-refractivity contribution in [3.05, 3.63) is 82.2 Å². The number of hydrogen-bond acceptors (Lipinski definition) is 8. The third-order valence-corrected chi connectivity index (χ3v) is 7.10. The lowest BCUT2D eigenvalue weighted by Crippen LogP contribution is -2.55. The summed E-state index contributed by atoms with van der Waals surface area (Å²) in [5, 5.41) is 7.45. The molecule has 0 saturated carbocycles. The minimum atomic E-state index is -0.758. The highest BCUT2D eigenvalue weighted by atomic mass is 35.5. The van der Waals surface area contributed by atoms with E-state index in [0.717, 1.165) is 5.56 Å². The van der Waals surface area contributed by atoms with Gasteiger partial charge in [0, 0.05) is 29.7 Å². The zero-order valence-electron chi connectivity index (χ0n) is 23.9. The van der Waals surface area contributed by atoms with Crippen LogP contribution in [0, 0.1) is 0 Å². The van der Waals surface area contributed by atoms with Crippen LogP contribution in [0.15, 0.2) is 64.3 Å². The van der Waals surface area contributed by atoms with Gasteiger partial charge < -0.3 is 25.2 Å². The number of Topliss-reactive ketones (excluding diaryl/α,β-unsaturated/α-hetero) is 1. The molecule has 13 heteroatoms. The summed E-state index contributed by atoms with van der Waals surface area (Å²) < 4.78 is 11.5. The van der Waals surface area contributed by atoms with Crippen LogP contribution >= 0.6 is 11.6 Å². The average molecular weight is 607 g/mol. The van der Waals surface area contributed by atoms with Crippen LogP contribution in [0.25, 0.3) is 0 Å². The Balaban J connectivity index is 1.69. The molecular weight excluding hydrogens is 576 g/mol. The van der Waals surface area contributed by atoms with Crippen LogP contribution in [-0.4, -0.2) is 69.7 Å². The quantitative estimate of drug-likeness (QED) is 0.306. The highest BCUT2D eigenvalue weighted by Gasteiger charge is 2.46. The number of halogens is 1. The van der Waals surface area contributed by atoms with E-state index in [1.807, 2.05) is 32.9 Å². The summed E-state index contributed by atoms with van der Waals surface area (Å²) in [7, 11) is 0. The standard InChI is InChI=1S/C30H31ClN6O6/c1-30(2,3)43-23-14-18(22(38)15-24(32)39)6-9-20(23)28-34-26(17-4-7-19(31)8-5-17)27(21-10-13-42-35-21)37(28)29(41)36-12-11-33-25(40)16-36/h4-10,13-14,26-27H,11-12,15-16H2,1-3H3,(H2,32,39)(H,33,40)/t26-,27+/m0/s1. The van der Waals surface area contributed by atoms with Crippen molar-refractivity contribution in [2.45, 2.75) is 44.9 Å². The normalized spacial score (nSPS) is 18.7. The van der Waals surface area contributed by atoms with Crippen molar-refractivity contribution < 1.29 is 28.4 Å². The Labute approximate surface area is 252 Å². The molecule has 3 aromatic rings. The number of piperazine rings is 1. The van der Waals surface area contributed by atoms with Gasteiger partial charge in [0.05, 0.1) is 12.0 Å². The van der Waals surface area contributed by atoms with Gasteiger partial charge >= 0.3 is 6.03 Å². The van der Waals surface area contributed by atoms with E-state index in [1.54, 1.807) is 24.3 Å². The van der Waals surface area contributed by atoms with Gasteiger partial charge in [-0.15, -0.1) is 0 Å². The van der Waals surface area contributed by atoms with Crippen LogP contribution in [0.2, 0.25) is 5.02 Å². The number of benzene rings is 2. The topological polar surface area (TPSA) is 160 Å². The van der Waals surface area contributed by atoms with Crippen molar-refractivity contribution in [3.63, 3.8) is 0 Å². The fourth-order valence-corrected chi connectivity index (χ4v) is 5.17. The lowest BCUT2D eigenvalue weighted by atomic mass is 9.97. The molecule has 1 fully saturated rings. The summed E-state index contributed by atoms with van der Waals surface area (Å²) in [6, 6.07) is 11.6. The fraction of sp³-hybridized carbons (Fsp3) is 0.333. The van der Waals surface area contributed by atoms with E-state index in [4.69, 9.17) is 31.6 Å². The Morgan fingerprint density at radius 1 is 1.14 bits per heavy atom. The molecule has 3 N–H and O–H groups in total. The molecule has 1 aromatic heterocycles. The van der Waals surface area contributed by atoms with Crippen LogP contribution in [0.3, 0.4) is 0 Å². The molecule has 224 valence electrons. The number of nitrogens with one attached hydrogen (secondary N) is 1. The zero-order valence-corrected chi connectivity index (χ0v) is 24.6. The maximum Gasteiger partial charge on any atom is 0.326 e. The smallest absolute Gasteiger partial charge is 0.326 e. The number of amidine groups is 1. The number of urea groups is 1. The van der Waals surface area contributed by atoms with Gasteiger partial charge in [0.25, 0.3) is 0 Å². The van der Waals surface area contributed by atoms with Crippen LogP contribution in [0.4, 0.5) is 4.79 Å². The van der Waals surface area contributed by atoms with Crippen LogP contribution in [-0.2, 0) is 9.59 Å². The minimum absolute atomic E-state index is 0.133. The summed E-state index contributed by atoms with van der Waals surface area (Å²) in [5.74, 6) is -0.990. The van der Waals surface area contributed by atoms with Crippen molar-refractivity contribution in [2.75, 3.05) is 19.6 Å². The Hall–Kier alpha value is -4.71. The second-order valence-electron chi connectivity index (χ2n) is 11.2. The molecule has 1 saturated heterocycles. The summed E-state index contributed by atoms with van der Waals surface area (Å²) >= 11 is 6.18. The Morgan fingerprint density at radius 2 is 1.88 bits per heavy atom. The number of primary amides is 1. The first-order valence-electron chi connectivity index (χ1n) is 13.6. The van der Waals surface area contributed by atoms with Crippen LogP contribution < -0.4 is 15.8 Å². The van der Waals surface area contributed by atoms with Crippen LogP contribution in [0.5, 0.6) is 5.75 Å². The molecule has 2 aliphatic heterocycles. The molecule has 0 spiro atoms. The van der Waals surface area contributed by atoms with Gasteiger partial charge in [0.15, 0.2) is 5.78 Å². The first-order valence-corrected chi connectivity index (χ1v) is 14.0. The molecule has 4 amide bonds. The molecule has 0 radical (unpaired) electrons. The highest BCUT2D eigenvalue weighted by molar-refractivity contribution is 6.30. The van der Waals surface area contributed by atoms with E-state index < -0.39 is 41.8 Å². The highest BCUT2D eigenvalue weighted by Crippen LogP contribution is 2.45. The molecule has 3 heterocycles. The predicted octanol–water partition coefficient (Wildman–Crippen LogP) is 3.66. The molecule has 0 unspecified atom stereocenters. The molecular formula is C30H31ClN6O6. The number of nitrogens with two attached hydrogens (primary N) is 1. The number of hydrogen-bond donors (Lipinski definition) is 2. The van der Waals surface area contributed by atoms with E-state index in [1.165, 1.54) is 28.2 Å². The van der Waals surface area contributed by atoms with Crippen molar-refractivity contribution in [1.29, 1.82) is 0 Å². The molecule has 0 aliphatic carbocycles. The maximum absolute atomic E-state index is 14.3. The molecule has 12 nitrogen and oxygen atoms in total. The lowest BCUT2D eigenvalue weighted by molar-refractivity contribution is -0.123. The first-order chi connectivity index (χ1) is 20.4. The molecule has 5 rings (SSSR count). The Bertz CT molecular complexity index is 1580. The first kappa shape index (κ1) is 29.8. The third-order valence-electron chi connectivity index (χ3n) is 6.85. The molecule has 2 aliphatic rings. The number of carbonyl (C=O) groups is 4. The number of aromatic nitrogens is 1. The van der Waals surface area contributed by atoms with E-state index in [-0.39, 0.29) is 36.1 Å². The number of ketones is 1. The fourth-order valence-electron chi connectivity index (χ4n) is 5.04. The second-order valence-corrected chi connectivity index (χ2v) is 11.7. The number of rotatable bonds is 7. The van der Waals surface area contributed by atoms with Gasteiger partial charge in [0.2, 0.25) is 11.8 Å². The van der Waals surface area contributed by atoms with Crippen molar-refractivity contribution >= 4 is 41.1 Å². The summed E-state index contributed by atoms with van der Waals surface area (Å²) in [6.45, 7) is 5.98. The average Bonchev–Trinajstić information content (AvgIpc) is 3.60. The van der Waals surface area contributed by atoms with E-state index in [2.05, 4.69) is 10.5 Å². The Morgan fingerprint density at radius 3 is 2.51 bits per heavy atom. The number of nitrogens with zero attached hydrogens (tertiary/aromatic N) is 4. The van der Waals surface area contributed by atoms with Gasteiger partial charge in [-0.1, -0.05) is 35.0 Å². The molecule has 2 atom stereocenters. The monoisotopic (exact) mass is 606 g/mol. The Kier molecular flexibility index (Phi) is 8.23. The summed E-state index contributed by atoms with van der Waals surface area (Å²) in [6.07, 6.45) is 0.945. The van der Waals surface area contributed by atoms with E-state index >= 15 is 0 Å². The van der Waals surface area contributed by atoms with E-state index in [9.17, 15) is 19.2 Å². The second kappa shape index (κ2) is 11.9. The number of aliphatic imine (C=N–C) groups is 1. The summed E-state index contributed by atoms with van der Waals surface area (Å²) in [5.41, 5.74) is 6.40. The van der Waals surface area contributed by atoms with Gasteiger partial charge in [0.1, 0.15) is 47.8 Å². The van der Waals surface area contributed by atoms with Gasteiger partial charge in [-0.2, -0.15) is 0 Å². The van der Waals surface area contributed by atoms with Gasteiger partial charge in [-0.3, -0.25) is 24.3 Å². The predicted molar refractivity (Wildman–Crippen MR) is 157 cm³/mol.